The van der Waals surface area contributed by atoms with Crippen LogP contribution in [-0.4, -0.2) is 21.1 Å². The average Bonchev–Trinajstić information content (AvgIpc) is 2.92. The Morgan fingerprint density at radius 2 is 1.88 bits per heavy atom. The molecule has 120 valence electrons. The molecular weight excluding hydrogens is 302 g/mol. The standard InChI is InChI=1S/C17H18N7/c1-12-21-16-17(20-10-9-19-16)24(12)15-6-4-5-14(23(15)3)13-7-8-18-11-22(13)2/h4-12H,1-3H3/q+1/p+1/t12-/m1/s1. The Kier molecular flexibility index (Phi) is 3.34. The van der Waals surface area contributed by atoms with Crippen LogP contribution in [0.25, 0.3) is 11.4 Å². The molecule has 7 nitrogen and oxygen atoms in total. The third kappa shape index (κ3) is 2.17. The lowest BCUT2D eigenvalue weighted by Crippen LogP contribution is -2.44. The van der Waals surface area contributed by atoms with Crippen molar-refractivity contribution in [3.8, 4) is 11.4 Å². The van der Waals surface area contributed by atoms with Gasteiger partial charge in [-0.05, 0) is 19.1 Å². The van der Waals surface area contributed by atoms with Crippen LogP contribution in [0.4, 0.5) is 17.5 Å². The van der Waals surface area contributed by atoms with Gasteiger partial charge in [-0.2, -0.15) is 4.90 Å². The zero-order chi connectivity index (χ0) is 16.7. The Morgan fingerprint density at radius 1 is 1.04 bits per heavy atom. The van der Waals surface area contributed by atoms with Crippen LogP contribution in [0.2, 0.25) is 0 Å². The summed E-state index contributed by atoms with van der Waals surface area (Å²) in [4.78, 5) is 15.2. The molecule has 0 aromatic carbocycles. The smallest absolute Gasteiger partial charge is 0.286 e. The third-order valence-corrected chi connectivity index (χ3v) is 4.29. The summed E-state index contributed by atoms with van der Waals surface area (Å²) in [6.07, 6.45) is 7.12. The van der Waals surface area contributed by atoms with Gasteiger partial charge in [0.25, 0.3) is 18.0 Å². The fourth-order valence-electron chi connectivity index (χ4n) is 3.13. The quantitative estimate of drug-likeness (QED) is 0.716. The molecule has 0 saturated carbocycles. The van der Waals surface area contributed by atoms with Crippen molar-refractivity contribution in [3.05, 3.63) is 49.2 Å². The Labute approximate surface area is 140 Å². The first-order valence-electron chi connectivity index (χ1n) is 7.82. The van der Waals surface area contributed by atoms with Gasteiger partial charge in [-0.25, -0.2) is 19.1 Å². The fourth-order valence-corrected chi connectivity index (χ4v) is 3.13. The molecular formula is C17H19N7+2. The SMILES string of the molecule is C[C@@H]1Nc2nccnc2N1c1cccc(-c2ccnc[n+]2C)[n+]1C. The first-order valence-corrected chi connectivity index (χ1v) is 7.82. The number of aryl methyl sites for hydroxylation is 1. The minimum atomic E-state index is 0.0787. The molecule has 1 N–H and O–H groups in total. The molecule has 0 unspecified atom stereocenters. The van der Waals surface area contributed by atoms with E-state index < -0.39 is 0 Å². The van der Waals surface area contributed by atoms with E-state index in [1.54, 1.807) is 12.4 Å². The van der Waals surface area contributed by atoms with Gasteiger partial charge in [0.05, 0.1) is 14.1 Å². The van der Waals surface area contributed by atoms with Gasteiger partial charge in [0.15, 0.2) is 23.4 Å². The summed E-state index contributed by atoms with van der Waals surface area (Å²) < 4.78 is 4.18. The lowest BCUT2D eigenvalue weighted by molar-refractivity contribution is -0.686. The molecule has 7 heteroatoms. The highest BCUT2D eigenvalue weighted by Gasteiger charge is 2.38. The monoisotopic (exact) mass is 321 g/mol. The van der Waals surface area contributed by atoms with Crippen molar-refractivity contribution in [2.24, 2.45) is 14.1 Å². The summed E-state index contributed by atoms with van der Waals surface area (Å²) in [6.45, 7) is 2.10. The summed E-state index contributed by atoms with van der Waals surface area (Å²) in [7, 11) is 4.06. The molecule has 1 aliphatic heterocycles. The van der Waals surface area contributed by atoms with Gasteiger partial charge in [0.2, 0.25) is 0 Å². The summed E-state index contributed by atoms with van der Waals surface area (Å²) in [5, 5.41) is 3.37. The van der Waals surface area contributed by atoms with Crippen LogP contribution in [0.15, 0.2) is 49.2 Å². The molecule has 0 saturated heterocycles. The number of nitrogens with one attached hydrogen (secondary N) is 1. The van der Waals surface area contributed by atoms with E-state index in [-0.39, 0.29) is 6.17 Å². The highest BCUT2D eigenvalue weighted by molar-refractivity contribution is 5.74. The van der Waals surface area contributed by atoms with Gasteiger partial charge in [-0.15, -0.1) is 0 Å². The summed E-state index contributed by atoms with van der Waals surface area (Å²) in [5.74, 6) is 2.70. The molecule has 24 heavy (non-hydrogen) atoms. The fraction of sp³-hybridized carbons (Fsp3) is 0.235. The Balaban J connectivity index is 1.87. The molecule has 1 atom stereocenters. The highest BCUT2D eigenvalue weighted by Crippen LogP contribution is 2.35. The van der Waals surface area contributed by atoms with Crippen molar-refractivity contribution in [2.75, 3.05) is 10.2 Å². The number of aromatic nitrogens is 5. The van der Waals surface area contributed by atoms with E-state index in [2.05, 4.69) is 61.9 Å². The predicted molar refractivity (Wildman–Crippen MR) is 89.3 cm³/mol. The van der Waals surface area contributed by atoms with Crippen molar-refractivity contribution in [2.45, 2.75) is 13.1 Å². The van der Waals surface area contributed by atoms with E-state index in [4.69, 9.17) is 0 Å². The summed E-state index contributed by atoms with van der Waals surface area (Å²) >= 11 is 0. The largest absolute Gasteiger partial charge is 0.327 e. The van der Waals surface area contributed by atoms with Crippen LogP contribution >= 0.6 is 0 Å². The molecule has 4 heterocycles. The lowest BCUT2D eigenvalue weighted by atomic mass is 10.2. The zero-order valence-electron chi connectivity index (χ0n) is 13.9. The Hall–Kier alpha value is -3.09. The van der Waals surface area contributed by atoms with Gasteiger partial charge in [-0.3, -0.25) is 0 Å². The van der Waals surface area contributed by atoms with Gasteiger partial charge in [-0.1, -0.05) is 4.98 Å². The molecule has 3 aromatic rings. The van der Waals surface area contributed by atoms with Crippen molar-refractivity contribution in [1.29, 1.82) is 0 Å². The van der Waals surface area contributed by atoms with Crippen LogP contribution in [0.5, 0.6) is 0 Å². The molecule has 0 aliphatic carbocycles. The maximum atomic E-state index is 4.50. The molecule has 1 aliphatic rings. The second kappa shape index (κ2) is 5.52. The summed E-state index contributed by atoms with van der Waals surface area (Å²) in [5.41, 5.74) is 2.19. The number of anilines is 3. The van der Waals surface area contributed by atoms with E-state index in [0.717, 1.165) is 28.8 Å². The number of nitrogens with zero attached hydrogens (tertiary/aromatic N) is 6. The first-order chi connectivity index (χ1) is 11.7. The maximum absolute atomic E-state index is 4.50. The van der Waals surface area contributed by atoms with Crippen molar-refractivity contribution < 1.29 is 9.13 Å². The topological polar surface area (TPSA) is 61.7 Å². The minimum Gasteiger partial charge on any atom is -0.327 e. The number of pyridine rings is 1. The van der Waals surface area contributed by atoms with E-state index in [1.165, 1.54) is 0 Å². The van der Waals surface area contributed by atoms with Gasteiger partial charge in [0, 0.05) is 24.5 Å². The van der Waals surface area contributed by atoms with Crippen LogP contribution in [-0.2, 0) is 14.1 Å². The molecule has 3 aromatic heterocycles. The second-order valence-corrected chi connectivity index (χ2v) is 5.82. The van der Waals surface area contributed by atoms with E-state index in [9.17, 15) is 0 Å². The van der Waals surface area contributed by atoms with Crippen molar-refractivity contribution >= 4 is 17.5 Å². The van der Waals surface area contributed by atoms with Crippen LogP contribution in [0.1, 0.15) is 6.92 Å². The van der Waals surface area contributed by atoms with Crippen LogP contribution in [0.3, 0.4) is 0 Å². The van der Waals surface area contributed by atoms with Gasteiger partial charge in [0.1, 0.15) is 6.20 Å². The minimum absolute atomic E-state index is 0.0787. The first kappa shape index (κ1) is 14.5. The van der Waals surface area contributed by atoms with Gasteiger partial charge >= 0.3 is 0 Å². The second-order valence-electron chi connectivity index (χ2n) is 5.82. The molecule has 0 amide bonds. The molecule has 0 fully saturated rings. The normalized spacial score (nSPS) is 16.0. The van der Waals surface area contributed by atoms with E-state index >= 15 is 0 Å². The summed E-state index contributed by atoms with van der Waals surface area (Å²) in [6, 6.07) is 8.27. The zero-order valence-corrected chi connectivity index (χ0v) is 13.9. The highest BCUT2D eigenvalue weighted by atomic mass is 15.4. The van der Waals surface area contributed by atoms with Gasteiger partial charge < -0.3 is 5.32 Å². The number of hydrogen-bond acceptors (Lipinski definition) is 5. The lowest BCUT2D eigenvalue weighted by Gasteiger charge is -2.17. The predicted octanol–water partition coefficient (Wildman–Crippen LogP) is 1.10. The molecule has 0 spiro atoms. The van der Waals surface area contributed by atoms with Crippen LogP contribution in [0, 0.1) is 0 Å². The molecule has 0 radical (unpaired) electrons. The van der Waals surface area contributed by atoms with Crippen molar-refractivity contribution in [3.63, 3.8) is 0 Å². The Bertz CT molecular complexity index is 909. The number of fused-ring (bicyclic) bond motifs is 1. The number of rotatable bonds is 2. The maximum Gasteiger partial charge on any atom is 0.286 e. The average molecular weight is 321 g/mol. The third-order valence-electron chi connectivity index (χ3n) is 4.29. The number of hydrogen-bond donors (Lipinski definition) is 1. The van der Waals surface area contributed by atoms with E-state index in [1.807, 2.05) is 30.2 Å². The van der Waals surface area contributed by atoms with Crippen LogP contribution < -0.4 is 19.4 Å². The molecule has 0 bridgehead atoms. The van der Waals surface area contributed by atoms with Crippen molar-refractivity contribution in [1.82, 2.24) is 15.0 Å². The Morgan fingerprint density at radius 3 is 2.71 bits per heavy atom. The molecule has 4 rings (SSSR count). The van der Waals surface area contributed by atoms with E-state index in [0.29, 0.717) is 0 Å².